The summed E-state index contributed by atoms with van der Waals surface area (Å²) in [5, 5.41) is 8.94. The molecule has 0 aliphatic carbocycles. The Balaban J connectivity index is 1.79. The number of pyridine rings is 1. The van der Waals surface area contributed by atoms with Gasteiger partial charge in [0, 0.05) is 24.2 Å². The molecule has 122 valence electrons. The monoisotopic (exact) mass is 321 g/mol. The minimum Gasteiger partial charge on any atom is -0.372 e. The minimum atomic E-state index is 0.0160. The third-order valence-electron chi connectivity index (χ3n) is 4.00. The Hall–Kier alpha value is -2.71. The Bertz CT molecular complexity index is 770. The van der Waals surface area contributed by atoms with Crippen LogP contribution in [0.3, 0.4) is 0 Å². The highest BCUT2D eigenvalue weighted by Crippen LogP contribution is 2.20. The third-order valence-corrected chi connectivity index (χ3v) is 4.00. The van der Waals surface area contributed by atoms with Gasteiger partial charge in [-0.3, -0.25) is 4.79 Å². The van der Waals surface area contributed by atoms with Crippen molar-refractivity contribution in [1.29, 1.82) is 5.26 Å². The van der Waals surface area contributed by atoms with Crippen molar-refractivity contribution in [1.82, 2.24) is 9.88 Å². The van der Waals surface area contributed by atoms with Crippen molar-refractivity contribution in [2.45, 2.75) is 26.1 Å². The molecule has 24 heavy (non-hydrogen) atoms. The second kappa shape index (κ2) is 6.81. The number of hydrogen-bond acceptors (Lipinski definition) is 4. The minimum absolute atomic E-state index is 0.0160. The summed E-state index contributed by atoms with van der Waals surface area (Å²) in [7, 11) is 0. The normalized spacial score (nSPS) is 20.5. The zero-order valence-corrected chi connectivity index (χ0v) is 13.8. The molecular weight excluding hydrogens is 302 g/mol. The number of ether oxygens (including phenoxy) is 1. The predicted molar refractivity (Wildman–Crippen MR) is 90.3 cm³/mol. The lowest BCUT2D eigenvalue weighted by atomic mass is 10.1. The van der Waals surface area contributed by atoms with Gasteiger partial charge in [-0.2, -0.15) is 5.26 Å². The SMILES string of the molecule is C[C@@H]1CN(C(=O)c2ccc(-c3cccc(C#N)n3)cc2)C[C@H](C)O1. The van der Waals surface area contributed by atoms with Gasteiger partial charge < -0.3 is 9.64 Å². The van der Waals surface area contributed by atoms with Crippen molar-refractivity contribution in [3.05, 3.63) is 53.7 Å². The lowest BCUT2D eigenvalue weighted by Crippen LogP contribution is -2.48. The highest BCUT2D eigenvalue weighted by atomic mass is 16.5. The van der Waals surface area contributed by atoms with Crippen LogP contribution in [0.2, 0.25) is 0 Å². The second-order valence-corrected chi connectivity index (χ2v) is 6.06. The van der Waals surface area contributed by atoms with E-state index >= 15 is 0 Å². The van der Waals surface area contributed by atoms with Crippen molar-refractivity contribution in [2.24, 2.45) is 0 Å². The molecule has 0 saturated carbocycles. The van der Waals surface area contributed by atoms with Gasteiger partial charge in [0.15, 0.2) is 0 Å². The summed E-state index contributed by atoms with van der Waals surface area (Å²) in [6.07, 6.45) is 0.102. The van der Waals surface area contributed by atoms with Gasteiger partial charge in [0.2, 0.25) is 0 Å². The fourth-order valence-corrected chi connectivity index (χ4v) is 2.97. The standard InChI is InChI=1S/C19H19N3O2/c1-13-11-22(12-14(2)24-13)19(23)16-8-6-15(7-9-16)18-5-3-4-17(10-20)21-18/h3-9,13-14H,11-12H2,1-2H3/t13-,14+. The third kappa shape index (κ3) is 3.44. The summed E-state index contributed by atoms with van der Waals surface area (Å²) in [4.78, 5) is 18.8. The molecule has 1 amide bonds. The van der Waals surface area contributed by atoms with Crippen LogP contribution in [0.1, 0.15) is 29.9 Å². The Morgan fingerprint density at radius 1 is 1.17 bits per heavy atom. The predicted octanol–water partition coefficient (Wildman–Crippen LogP) is 2.87. The Morgan fingerprint density at radius 3 is 2.46 bits per heavy atom. The molecule has 1 aromatic carbocycles. The number of carbonyl (C=O) groups excluding carboxylic acids is 1. The van der Waals surface area contributed by atoms with Crippen LogP contribution in [0.5, 0.6) is 0 Å². The van der Waals surface area contributed by atoms with Crippen LogP contribution in [0.4, 0.5) is 0 Å². The maximum atomic E-state index is 12.7. The first-order chi connectivity index (χ1) is 11.6. The number of hydrogen-bond donors (Lipinski definition) is 0. The second-order valence-electron chi connectivity index (χ2n) is 6.06. The molecule has 3 rings (SSSR count). The van der Waals surface area contributed by atoms with Gasteiger partial charge in [0.1, 0.15) is 11.8 Å². The molecular formula is C19H19N3O2. The van der Waals surface area contributed by atoms with Gasteiger partial charge in [-0.1, -0.05) is 18.2 Å². The summed E-state index contributed by atoms with van der Waals surface area (Å²) < 4.78 is 5.67. The van der Waals surface area contributed by atoms with Gasteiger partial charge >= 0.3 is 0 Å². The maximum absolute atomic E-state index is 12.7. The van der Waals surface area contributed by atoms with Crippen LogP contribution in [-0.4, -0.2) is 41.1 Å². The smallest absolute Gasteiger partial charge is 0.254 e. The highest BCUT2D eigenvalue weighted by molar-refractivity contribution is 5.94. The number of amides is 1. The molecule has 5 heteroatoms. The zero-order chi connectivity index (χ0) is 17.1. The Kier molecular flexibility index (Phi) is 4.59. The van der Waals surface area contributed by atoms with Crippen molar-refractivity contribution in [3.8, 4) is 17.3 Å². The maximum Gasteiger partial charge on any atom is 0.254 e. The van der Waals surface area contributed by atoms with Crippen LogP contribution in [0.25, 0.3) is 11.3 Å². The van der Waals surface area contributed by atoms with Gasteiger partial charge in [0.25, 0.3) is 5.91 Å². The van der Waals surface area contributed by atoms with E-state index in [4.69, 9.17) is 10.00 Å². The quantitative estimate of drug-likeness (QED) is 0.853. The molecule has 1 aliphatic rings. The zero-order valence-electron chi connectivity index (χ0n) is 13.8. The van der Waals surface area contributed by atoms with E-state index in [2.05, 4.69) is 4.98 Å². The summed E-state index contributed by atoms with van der Waals surface area (Å²) in [6, 6.07) is 14.7. The Morgan fingerprint density at radius 2 is 1.83 bits per heavy atom. The van der Waals surface area contributed by atoms with Crippen LogP contribution in [-0.2, 0) is 4.74 Å². The number of nitrogens with zero attached hydrogens (tertiary/aromatic N) is 3. The van der Waals surface area contributed by atoms with Gasteiger partial charge in [-0.05, 0) is 38.1 Å². The van der Waals surface area contributed by atoms with Crippen LogP contribution < -0.4 is 0 Å². The number of carbonyl (C=O) groups is 1. The molecule has 2 heterocycles. The first-order valence-electron chi connectivity index (χ1n) is 7.99. The number of rotatable bonds is 2. The molecule has 5 nitrogen and oxygen atoms in total. The fraction of sp³-hybridized carbons (Fsp3) is 0.316. The molecule has 0 unspecified atom stereocenters. The summed E-state index contributed by atoms with van der Waals surface area (Å²) >= 11 is 0. The lowest BCUT2D eigenvalue weighted by Gasteiger charge is -2.35. The lowest BCUT2D eigenvalue weighted by molar-refractivity contribution is -0.0586. The number of benzene rings is 1. The van der Waals surface area contributed by atoms with Gasteiger partial charge in [-0.15, -0.1) is 0 Å². The van der Waals surface area contributed by atoms with Crippen LogP contribution in [0, 0.1) is 11.3 Å². The molecule has 1 aliphatic heterocycles. The van der Waals surface area contributed by atoms with Crippen molar-refractivity contribution < 1.29 is 9.53 Å². The molecule has 2 atom stereocenters. The topological polar surface area (TPSA) is 66.2 Å². The van der Waals surface area contributed by atoms with Crippen LogP contribution in [0.15, 0.2) is 42.5 Å². The first-order valence-corrected chi connectivity index (χ1v) is 7.99. The largest absolute Gasteiger partial charge is 0.372 e. The van der Waals surface area contributed by atoms with Gasteiger partial charge in [-0.25, -0.2) is 4.98 Å². The first kappa shape index (κ1) is 16.2. The van der Waals surface area contributed by atoms with E-state index < -0.39 is 0 Å². The Labute approximate surface area is 141 Å². The molecule has 1 fully saturated rings. The van der Waals surface area contributed by atoms with E-state index in [1.54, 1.807) is 12.1 Å². The number of morpholine rings is 1. The summed E-state index contributed by atoms with van der Waals surface area (Å²) in [5.41, 5.74) is 2.63. The molecule has 0 N–H and O–H groups in total. The van der Waals surface area contributed by atoms with E-state index in [0.717, 1.165) is 11.3 Å². The molecule has 1 saturated heterocycles. The van der Waals surface area contributed by atoms with E-state index in [1.165, 1.54) is 0 Å². The molecule has 1 aromatic heterocycles. The van der Waals surface area contributed by atoms with Gasteiger partial charge in [0.05, 0.1) is 17.9 Å². The van der Waals surface area contributed by atoms with Crippen molar-refractivity contribution >= 4 is 5.91 Å². The molecule has 2 aromatic rings. The molecule has 0 bridgehead atoms. The molecule has 0 spiro atoms. The van der Waals surface area contributed by atoms with E-state index in [1.807, 2.05) is 55.1 Å². The summed E-state index contributed by atoms with van der Waals surface area (Å²) in [6.45, 7) is 5.17. The fourth-order valence-electron chi connectivity index (χ4n) is 2.97. The van der Waals surface area contributed by atoms with E-state index in [-0.39, 0.29) is 18.1 Å². The number of nitriles is 1. The molecule has 0 radical (unpaired) electrons. The van der Waals surface area contributed by atoms with E-state index in [0.29, 0.717) is 24.3 Å². The van der Waals surface area contributed by atoms with Crippen molar-refractivity contribution in [2.75, 3.05) is 13.1 Å². The highest BCUT2D eigenvalue weighted by Gasteiger charge is 2.26. The average Bonchev–Trinajstić information content (AvgIpc) is 2.60. The van der Waals surface area contributed by atoms with Crippen molar-refractivity contribution in [3.63, 3.8) is 0 Å². The van der Waals surface area contributed by atoms with Crippen LogP contribution >= 0.6 is 0 Å². The average molecular weight is 321 g/mol. The summed E-state index contributed by atoms with van der Waals surface area (Å²) in [5.74, 6) is 0.0160. The van der Waals surface area contributed by atoms with E-state index in [9.17, 15) is 4.79 Å². The number of aromatic nitrogens is 1.